The number of benzene rings is 1. The third-order valence-electron chi connectivity index (χ3n) is 4.55. The molecule has 1 saturated heterocycles. The van der Waals surface area contributed by atoms with Crippen molar-refractivity contribution in [2.75, 3.05) is 52.6 Å². The molecule has 2 heterocycles. The Morgan fingerprint density at radius 3 is 2.60 bits per heavy atom. The maximum absolute atomic E-state index is 6.01. The lowest BCUT2D eigenvalue weighted by Gasteiger charge is -2.39. The van der Waals surface area contributed by atoms with Gasteiger partial charge in [-0.2, -0.15) is 0 Å². The molecule has 0 aliphatic carbocycles. The lowest BCUT2D eigenvalue weighted by Crippen LogP contribution is -2.55. The molecule has 0 amide bonds. The fraction of sp³-hybridized carbons (Fsp3) is 0.500. The van der Waals surface area contributed by atoms with Crippen molar-refractivity contribution in [1.29, 1.82) is 0 Å². The summed E-state index contributed by atoms with van der Waals surface area (Å²) in [5.41, 5.74) is 8.13. The number of piperazine rings is 1. The van der Waals surface area contributed by atoms with E-state index in [1.807, 2.05) is 12.1 Å². The van der Waals surface area contributed by atoms with Crippen LogP contribution in [0.4, 0.5) is 5.69 Å². The zero-order valence-corrected chi connectivity index (χ0v) is 12.5. The van der Waals surface area contributed by atoms with E-state index in [2.05, 4.69) is 41.9 Å². The van der Waals surface area contributed by atoms with Crippen LogP contribution in [0.3, 0.4) is 0 Å². The number of likely N-dealkylation sites (N-methyl/N-ethyl adjacent to an activating group) is 1. The molecular weight excluding hydrogens is 248 g/mol. The van der Waals surface area contributed by atoms with Crippen LogP contribution < -0.4 is 5.73 Å². The Morgan fingerprint density at radius 1 is 1.10 bits per heavy atom. The molecular formula is C16H25N4+. The zero-order valence-electron chi connectivity index (χ0n) is 12.5. The molecule has 1 aliphatic rings. The Balaban J connectivity index is 1.65. The van der Waals surface area contributed by atoms with Crippen molar-refractivity contribution in [3.05, 3.63) is 30.5 Å². The van der Waals surface area contributed by atoms with E-state index in [4.69, 9.17) is 5.73 Å². The molecule has 4 nitrogen and oxygen atoms in total. The van der Waals surface area contributed by atoms with Crippen molar-refractivity contribution < 1.29 is 4.48 Å². The maximum atomic E-state index is 6.01. The van der Waals surface area contributed by atoms with E-state index in [0.29, 0.717) is 0 Å². The van der Waals surface area contributed by atoms with E-state index in [1.165, 1.54) is 37.1 Å². The predicted octanol–water partition coefficient (Wildman–Crippen LogP) is 1.62. The topological polar surface area (TPSA) is 34.2 Å². The first-order valence-electron chi connectivity index (χ1n) is 7.43. The van der Waals surface area contributed by atoms with Crippen LogP contribution in [-0.2, 0) is 6.54 Å². The predicted molar refractivity (Wildman–Crippen MR) is 84.6 cm³/mol. The van der Waals surface area contributed by atoms with Gasteiger partial charge in [-0.05, 0) is 18.2 Å². The number of hydrogen-bond donors (Lipinski definition) is 1. The highest BCUT2D eigenvalue weighted by atomic mass is 15.4. The van der Waals surface area contributed by atoms with E-state index >= 15 is 0 Å². The van der Waals surface area contributed by atoms with Gasteiger partial charge in [0.25, 0.3) is 0 Å². The van der Waals surface area contributed by atoms with E-state index in [0.717, 1.165) is 23.3 Å². The molecule has 1 aromatic carbocycles. The number of nitrogen functional groups attached to an aromatic ring is 1. The van der Waals surface area contributed by atoms with Gasteiger partial charge in [-0.15, -0.1) is 0 Å². The lowest BCUT2D eigenvalue weighted by atomic mass is 10.2. The molecule has 0 saturated carbocycles. The summed E-state index contributed by atoms with van der Waals surface area (Å²) in [6, 6.07) is 8.29. The Hall–Kier alpha value is -1.52. The van der Waals surface area contributed by atoms with Gasteiger partial charge in [0.05, 0.1) is 32.7 Å². The monoisotopic (exact) mass is 273 g/mol. The van der Waals surface area contributed by atoms with Crippen LogP contribution >= 0.6 is 0 Å². The second kappa shape index (κ2) is 5.11. The summed E-state index contributed by atoms with van der Waals surface area (Å²) in [5, 5.41) is 1.17. The van der Waals surface area contributed by atoms with Crippen LogP contribution in [0.15, 0.2) is 30.5 Å². The van der Waals surface area contributed by atoms with Crippen molar-refractivity contribution in [2.24, 2.45) is 0 Å². The molecule has 1 aliphatic heterocycles. The Bertz CT molecular complexity index is 590. The molecule has 0 unspecified atom stereocenters. The third-order valence-corrected chi connectivity index (χ3v) is 4.55. The quantitative estimate of drug-likeness (QED) is 0.681. The van der Waals surface area contributed by atoms with Gasteiger partial charge < -0.3 is 14.8 Å². The largest absolute Gasteiger partial charge is 0.398 e. The molecule has 108 valence electrons. The number of rotatable bonds is 3. The molecule has 4 heteroatoms. The Kier molecular flexibility index (Phi) is 3.44. The third kappa shape index (κ3) is 2.67. The van der Waals surface area contributed by atoms with Crippen molar-refractivity contribution in [3.63, 3.8) is 0 Å². The van der Waals surface area contributed by atoms with Crippen LogP contribution in [-0.4, -0.2) is 60.8 Å². The van der Waals surface area contributed by atoms with Crippen molar-refractivity contribution in [2.45, 2.75) is 6.54 Å². The van der Waals surface area contributed by atoms with Gasteiger partial charge >= 0.3 is 0 Å². The van der Waals surface area contributed by atoms with Crippen LogP contribution in [0.25, 0.3) is 10.9 Å². The van der Waals surface area contributed by atoms with Crippen molar-refractivity contribution >= 4 is 16.6 Å². The number of fused-ring (bicyclic) bond motifs is 1. The second-order valence-electron chi connectivity index (χ2n) is 6.51. The average Bonchev–Trinajstić information content (AvgIpc) is 2.82. The molecule has 1 fully saturated rings. The number of anilines is 1. The fourth-order valence-electron chi connectivity index (χ4n) is 2.96. The van der Waals surface area contributed by atoms with Crippen LogP contribution in [0.1, 0.15) is 0 Å². The first-order chi connectivity index (χ1) is 9.55. The number of hydrogen-bond acceptors (Lipinski definition) is 2. The van der Waals surface area contributed by atoms with Gasteiger partial charge in [-0.1, -0.05) is 6.07 Å². The first kappa shape index (κ1) is 13.5. The number of nitrogens with zero attached hydrogens (tertiary/aromatic N) is 3. The molecule has 2 aromatic rings. The summed E-state index contributed by atoms with van der Waals surface area (Å²) in [4.78, 5) is 2.57. The highest BCUT2D eigenvalue weighted by Crippen LogP contribution is 2.21. The van der Waals surface area contributed by atoms with Gasteiger partial charge in [-0.3, -0.25) is 4.90 Å². The Morgan fingerprint density at radius 2 is 1.85 bits per heavy atom. The SMILES string of the molecule is C[N+]1(C)CCN(CCn2ccc3c(N)cccc32)CC1. The minimum atomic E-state index is 0.873. The smallest absolute Gasteiger partial charge is 0.0912 e. The number of quaternary nitrogens is 1. The summed E-state index contributed by atoms with van der Waals surface area (Å²) in [6.45, 7) is 7.07. The molecule has 2 N–H and O–H groups in total. The van der Waals surface area contributed by atoms with Gasteiger partial charge in [-0.25, -0.2) is 0 Å². The molecule has 0 bridgehead atoms. The van der Waals surface area contributed by atoms with E-state index in [-0.39, 0.29) is 0 Å². The number of aromatic nitrogens is 1. The van der Waals surface area contributed by atoms with Gasteiger partial charge in [0.15, 0.2) is 0 Å². The molecule has 3 rings (SSSR count). The summed E-state index contributed by atoms with van der Waals surface area (Å²) in [6.07, 6.45) is 2.16. The molecule has 0 radical (unpaired) electrons. The molecule has 20 heavy (non-hydrogen) atoms. The summed E-state index contributed by atoms with van der Waals surface area (Å²) >= 11 is 0. The van der Waals surface area contributed by atoms with Gasteiger partial charge in [0.1, 0.15) is 0 Å². The highest BCUT2D eigenvalue weighted by Gasteiger charge is 2.23. The summed E-state index contributed by atoms with van der Waals surface area (Å²) < 4.78 is 3.47. The number of nitrogens with two attached hydrogens (primary N) is 1. The minimum Gasteiger partial charge on any atom is -0.398 e. The van der Waals surface area contributed by atoms with Crippen LogP contribution in [0.5, 0.6) is 0 Å². The molecule has 0 atom stereocenters. The molecule has 1 aromatic heterocycles. The summed E-state index contributed by atoms with van der Waals surface area (Å²) in [7, 11) is 4.64. The minimum absolute atomic E-state index is 0.873. The van der Waals surface area contributed by atoms with Crippen LogP contribution in [0, 0.1) is 0 Å². The maximum Gasteiger partial charge on any atom is 0.0912 e. The van der Waals surface area contributed by atoms with Gasteiger partial charge in [0.2, 0.25) is 0 Å². The highest BCUT2D eigenvalue weighted by molar-refractivity contribution is 5.91. The Labute approximate surface area is 121 Å². The van der Waals surface area contributed by atoms with E-state index < -0.39 is 0 Å². The van der Waals surface area contributed by atoms with E-state index in [9.17, 15) is 0 Å². The normalized spacial score (nSPS) is 19.5. The fourth-order valence-corrected chi connectivity index (χ4v) is 2.96. The standard InChI is InChI=1S/C16H25N4/c1-20(2)12-10-18(11-13-20)8-9-19-7-6-14-15(17)4-3-5-16(14)19/h3-7H,8-13,17H2,1-2H3/q+1. The van der Waals surface area contributed by atoms with E-state index in [1.54, 1.807) is 0 Å². The lowest BCUT2D eigenvalue weighted by molar-refractivity contribution is -0.894. The zero-order chi connectivity index (χ0) is 14.2. The average molecular weight is 273 g/mol. The second-order valence-corrected chi connectivity index (χ2v) is 6.51. The van der Waals surface area contributed by atoms with Crippen molar-refractivity contribution in [3.8, 4) is 0 Å². The first-order valence-corrected chi connectivity index (χ1v) is 7.43. The van der Waals surface area contributed by atoms with Crippen LogP contribution in [0.2, 0.25) is 0 Å². The summed E-state index contributed by atoms with van der Waals surface area (Å²) in [5.74, 6) is 0. The molecule has 0 spiro atoms. The van der Waals surface area contributed by atoms with Gasteiger partial charge in [0, 0.05) is 43.4 Å². The van der Waals surface area contributed by atoms with Crippen molar-refractivity contribution in [1.82, 2.24) is 9.47 Å².